The van der Waals surface area contributed by atoms with Gasteiger partial charge in [-0.15, -0.1) is 0 Å². The van der Waals surface area contributed by atoms with Crippen molar-refractivity contribution in [3.63, 3.8) is 0 Å². The van der Waals surface area contributed by atoms with Crippen molar-refractivity contribution in [2.75, 3.05) is 6.54 Å². The van der Waals surface area contributed by atoms with Crippen LogP contribution in [0.15, 0.2) is 48.8 Å². The minimum Gasteiger partial charge on any atom is -0.388 e. The molecule has 1 heterocycles. The summed E-state index contributed by atoms with van der Waals surface area (Å²) >= 11 is 0. The average molecular weight is 270 g/mol. The molecule has 1 unspecified atom stereocenters. The lowest BCUT2D eigenvalue weighted by Crippen LogP contribution is -2.28. The van der Waals surface area contributed by atoms with Crippen molar-refractivity contribution >= 4 is 0 Å². The van der Waals surface area contributed by atoms with E-state index in [0.717, 1.165) is 31.5 Å². The van der Waals surface area contributed by atoms with Gasteiger partial charge in [-0.25, -0.2) is 0 Å². The predicted octanol–water partition coefficient (Wildman–Crippen LogP) is 2.63. The summed E-state index contributed by atoms with van der Waals surface area (Å²) in [6.07, 6.45) is 6.03. The van der Waals surface area contributed by atoms with Gasteiger partial charge >= 0.3 is 0 Å². The average Bonchev–Trinajstić information content (AvgIpc) is 3.15. The Morgan fingerprint density at radius 2 is 2.00 bits per heavy atom. The summed E-state index contributed by atoms with van der Waals surface area (Å²) in [7, 11) is 2.03. The molecule has 2 aromatic rings. The number of hydrogen-bond acceptors (Lipinski definition) is 2. The van der Waals surface area contributed by atoms with Crippen LogP contribution in [0, 0.1) is 5.41 Å². The first-order valence-corrected chi connectivity index (χ1v) is 7.24. The molecule has 0 saturated heterocycles. The normalized spacial score (nSPS) is 17.9. The van der Waals surface area contributed by atoms with Crippen LogP contribution in [0.3, 0.4) is 0 Å². The monoisotopic (exact) mass is 270 g/mol. The van der Waals surface area contributed by atoms with Crippen molar-refractivity contribution in [1.29, 1.82) is 0 Å². The fourth-order valence-corrected chi connectivity index (χ4v) is 2.82. The van der Waals surface area contributed by atoms with E-state index >= 15 is 0 Å². The molecule has 3 heteroatoms. The first kappa shape index (κ1) is 13.4. The number of hydrogen-bond donors (Lipinski definition) is 2. The zero-order chi connectivity index (χ0) is 14.0. The molecule has 0 amide bonds. The molecule has 1 aromatic heterocycles. The third-order valence-electron chi connectivity index (χ3n) is 4.29. The van der Waals surface area contributed by atoms with E-state index in [-0.39, 0.29) is 11.5 Å². The van der Waals surface area contributed by atoms with Gasteiger partial charge in [0.1, 0.15) is 0 Å². The quantitative estimate of drug-likeness (QED) is 0.846. The van der Waals surface area contributed by atoms with Gasteiger partial charge in [0.05, 0.1) is 6.10 Å². The zero-order valence-electron chi connectivity index (χ0n) is 11.9. The zero-order valence-corrected chi connectivity index (χ0v) is 11.9. The largest absolute Gasteiger partial charge is 0.388 e. The second kappa shape index (κ2) is 5.43. The van der Waals surface area contributed by atoms with Crippen molar-refractivity contribution in [2.45, 2.75) is 25.5 Å². The smallest absolute Gasteiger partial charge is 0.0858 e. The summed E-state index contributed by atoms with van der Waals surface area (Å²) in [5.74, 6) is 0. The molecular formula is C17H22N2O. The molecule has 106 valence electrons. The number of rotatable bonds is 6. The number of aliphatic hydroxyl groups excluding tert-OH is 1. The first-order chi connectivity index (χ1) is 9.70. The van der Waals surface area contributed by atoms with Gasteiger partial charge in [-0.3, -0.25) is 0 Å². The van der Waals surface area contributed by atoms with Crippen LogP contribution in [0.1, 0.15) is 30.1 Å². The Morgan fingerprint density at radius 3 is 2.60 bits per heavy atom. The van der Waals surface area contributed by atoms with Crippen LogP contribution in [0.5, 0.6) is 0 Å². The number of aryl methyl sites for hydroxylation is 1. The minimum absolute atomic E-state index is 0.0378. The van der Waals surface area contributed by atoms with Crippen LogP contribution in [0.2, 0.25) is 0 Å². The lowest BCUT2D eigenvalue weighted by Gasteiger charge is -2.23. The Bertz CT molecular complexity index is 557. The van der Waals surface area contributed by atoms with Crippen LogP contribution in [0.4, 0.5) is 0 Å². The van der Waals surface area contributed by atoms with E-state index in [4.69, 9.17) is 0 Å². The van der Waals surface area contributed by atoms with E-state index in [1.165, 1.54) is 5.56 Å². The summed E-state index contributed by atoms with van der Waals surface area (Å²) in [6, 6.07) is 12.1. The van der Waals surface area contributed by atoms with E-state index in [2.05, 4.69) is 28.3 Å². The summed E-state index contributed by atoms with van der Waals surface area (Å²) < 4.78 is 2.06. The maximum absolute atomic E-state index is 10.6. The van der Waals surface area contributed by atoms with E-state index in [1.807, 2.05) is 37.4 Å². The summed E-state index contributed by atoms with van der Waals surface area (Å²) in [5.41, 5.74) is 2.36. The maximum Gasteiger partial charge on any atom is 0.0858 e. The molecule has 3 nitrogen and oxygen atoms in total. The minimum atomic E-state index is -0.355. The second-order valence-electron chi connectivity index (χ2n) is 5.96. The number of aliphatic hydroxyl groups is 1. The number of nitrogens with one attached hydrogen (secondary N) is 1. The first-order valence-electron chi connectivity index (χ1n) is 7.24. The number of benzene rings is 1. The van der Waals surface area contributed by atoms with Gasteiger partial charge in [0, 0.05) is 37.9 Å². The highest BCUT2D eigenvalue weighted by Gasteiger charge is 2.48. The highest BCUT2D eigenvalue weighted by molar-refractivity contribution is 5.22. The number of aromatic nitrogens is 1. The molecule has 0 spiro atoms. The van der Waals surface area contributed by atoms with Gasteiger partial charge in [0.2, 0.25) is 0 Å². The molecule has 1 saturated carbocycles. The Labute approximate surface area is 120 Å². The third kappa shape index (κ3) is 2.79. The van der Waals surface area contributed by atoms with Gasteiger partial charge in [0.15, 0.2) is 0 Å². The van der Waals surface area contributed by atoms with E-state index in [9.17, 15) is 5.11 Å². The fourth-order valence-electron chi connectivity index (χ4n) is 2.82. The highest BCUT2D eigenvalue weighted by Crippen LogP contribution is 2.54. The molecular weight excluding hydrogens is 248 g/mol. The maximum atomic E-state index is 10.6. The molecule has 2 N–H and O–H groups in total. The lowest BCUT2D eigenvalue weighted by atomic mass is 9.92. The Kier molecular flexibility index (Phi) is 3.64. The van der Waals surface area contributed by atoms with Crippen molar-refractivity contribution in [3.8, 4) is 0 Å². The Balaban J connectivity index is 1.57. The Hall–Kier alpha value is -1.58. The lowest BCUT2D eigenvalue weighted by molar-refractivity contribution is 0.0917. The molecule has 20 heavy (non-hydrogen) atoms. The molecule has 1 fully saturated rings. The van der Waals surface area contributed by atoms with Gasteiger partial charge in [-0.1, -0.05) is 30.3 Å². The van der Waals surface area contributed by atoms with Gasteiger partial charge in [-0.05, 0) is 30.0 Å². The second-order valence-corrected chi connectivity index (χ2v) is 5.96. The molecule has 0 radical (unpaired) electrons. The SMILES string of the molecule is Cn1ccc(CNCC2(C(O)c3ccccc3)CC2)c1. The molecule has 1 aromatic carbocycles. The fraction of sp³-hybridized carbons (Fsp3) is 0.412. The van der Waals surface area contributed by atoms with Crippen LogP contribution in [-0.4, -0.2) is 16.2 Å². The van der Waals surface area contributed by atoms with Crippen molar-refractivity contribution in [2.24, 2.45) is 12.5 Å². The van der Waals surface area contributed by atoms with E-state index in [0.29, 0.717) is 0 Å². The molecule has 3 rings (SSSR count). The van der Waals surface area contributed by atoms with Crippen LogP contribution in [-0.2, 0) is 13.6 Å². The topological polar surface area (TPSA) is 37.2 Å². The summed E-state index contributed by atoms with van der Waals surface area (Å²) in [5, 5.41) is 14.1. The van der Waals surface area contributed by atoms with Gasteiger partial charge < -0.3 is 15.0 Å². The molecule has 1 aliphatic carbocycles. The van der Waals surface area contributed by atoms with Crippen LogP contribution >= 0.6 is 0 Å². The predicted molar refractivity (Wildman–Crippen MR) is 80.2 cm³/mol. The third-order valence-corrected chi connectivity index (χ3v) is 4.29. The highest BCUT2D eigenvalue weighted by atomic mass is 16.3. The summed E-state index contributed by atoms with van der Waals surface area (Å²) in [6.45, 7) is 1.74. The van der Waals surface area contributed by atoms with Crippen molar-refractivity contribution in [1.82, 2.24) is 9.88 Å². The van der Waals surface area contributed by atoms with Crippen molar-refractivity contribution in [3.05, 3.63) is 59.9 Å². The van der Waals surface area contributed by atoms with Gasteiger partial charge in [0.25, 0.3) is 0 Å². The summed E-state index contributed by atoms with van der Waals surface area (Å²) in [4.78, 5) is 0. The molecule has 0 aliphatic heterocycles. The van der Waals surface area contributed by atoms with Crippen molar-refractivity contribution < 1.29 is 5.11 Å². The van der Waals surface area contributed by atoms with Gasteiger partial charge in [-0.2, -0.15) is 0 Å². The van der Waals surface area contributed by atoms with E-state index < -0.39 is 0 Å². The standard InChI is InChI=1S/C17H22N2O/c1-19-10-7-14(12-19)11-18-13-17(8-9-17)16(20)15-5-3-2-4-6-15/h2-7,10,12,16,18,20H,8-9,11,13H2,1H3. The Morgan fingerprint density at radius 1 is 1.25 bits per heavy atom. The van der Waals surface area contributed by atoms with Crippen LogP contribution in [0.25, 0.3) is 0 Å². The van der Waals surface area contributed by atoms with E-state index in [1.54, 1.807) is 0 Å². The molecule has 1 aliphatic rings. The van der Waals surface area contributed by atoms with Crippen LogP contribution < -0.4 is 5.32 Å². The number of nitrogens with zero attached hydrogens (tertiary/aromatic N) is 1. The molecule has 1 atom stereocenters. The molecule has 0 bridgehead atoms.